The molecule has 4 nitrogen and oxygen atoms in total. The number of nitrogens with two attached hydrogens (primary N) is 1. The van der Waals surface area contributed by atoms with Crippen molar-refractivity contribution in [1.82, 2.24) is 5.43 Å². The summed E-state index contributed by atoms with van der Waals surface area (Å²) in [5.41, 5.74) is 3.59. The molecular weight excluding hydrogens is 212 g/mol. The van der Waals surface area contributed by atoms with Crippen molar-refractivity contribution in [3.63, 3.8) is 0 Å². The number of hydrogen-bond donors (Lipinski definition) is 2. The van der Waals surface area contributed by atoms with Crippen LogP contribution in [0.3, 0.4) is 0 Å². The lowest BCUT2D eigenvalue weighted by molar-refractivity contribution is 0.389. The van der Waals surface area contributed by atoms with Crippen LogP contribution in [0.25, 0.3) is 0 Å². The molecule has 1 aromatic rings. The highest BCUT2D eigenvalue weighted by molar-refractivity contribution is 7.98. The maximum atomic E-state index is 5.29. The molecular formula is C10H16N2O2S. The first kappa shape index (κ1) is 12.2. The quantitative estimate of drug-likeness (QED) is 0.453. The Morgan fingerprint density at radius 2 is 1.93 bits per heavy atom. The standard InChI is InChI=1S/C10H16N2O2S/c1-13-8-5-10(15-3)9(14-2)4-7(8)6-12-11/h4-5,12H,6,11H2,1-3H3. The van der Waals surface area contributed by atoms with Crippen LogP contribution >= 0.6 is 11.8 Å². The van der Waals surface area contributed by atoms with Crippen LogP contribution in [-0.4, -0.2) is 20.5 Å². The fourth-order valence-corrected chi connectivity index (χ4v) is 1.91. The molecule has 0 aliphatic heterocycles. The Bertz CT molecular complexity index is 331. The number of ether oxygens (including phenoxy) is 2. The summed E-state index contributed by atoms with van der Waals surface area (Å²) < 4.78 is 10.6. The third-order valence-electron chi connectivity index (χ3n) is 2.08. The largest absolute Gasteiger partial charge is 0.496 e. The highest BCUT2D eigenvalue weighted by Crippen LogP contribution is 2.34. The average Bonchev–Trinajstić information content (AvgIpc) is 2.28. The third kappa shape index (κ3) is 2.77. The summed E-state index contributed by atoms with van der Waals surface area (Å²) in [5, 5.41) is 0. The van der Waals surface area contributed by atoms with Crippen molar-refractivity contribution in [2.75, 3.05) is 20.5 Å². The van der Waals surface area contributed by atoms with E-state index >= 15 is 0 Å². The molecule has 0 aliphatic carbocycles. The van der Waals surface area contributed by atoms with Gasteiger partial charge in [-0.3, -0.25) is 11.3 Å². The maximum Gasteiger partial charge on any atom is 0.133 e. The van der Waals surface area contributed by atoms with Gasteiger partial charge in [0.25, 0.3) is 0 Å². The zero-order chi connectivity index (χ0) is 11.3. The van der Waals surface area contributed by atoms with Crippen LogP contribution in [0.5, 0.6) is 11.5 Å². The summed E-state index contributed by atoms with van der Waals surface area (Å²) in [4.78, 5) is 1.05. The normalized spacial score (nSPS) is 10.1. The molecule has 1 aromatic carbocycles. The van der Waals surface area contributed by atoms with Gasteiger partial charge in [0.15, 0.2) is 0 Å². The van der Waals surface area contributed by atoms with Crippen LogP contribution in [0.4, 0.5) is 0 Å². The van der Waals surface area contributed by atoms with Crippen LogP contribution in [0.1, 0.15) is 5.56 Å². The van der Waals surface area contributed by atoms with E-state index in [1.54, 1.807) is 26.0 Å². The van der Waals surface area contributed by atoms with E-state index in [0.29, 0.717) is 6.54 Å². The summed E-state index contributed by atoms with van der Waals surface area (Å²) in [7, 11) is 3.30. The van der Waals surface area contributed by atoms with Crippen molar-refractivity contribution in [1.29, 1.82) is 0 Å². The number of thioether (sulfide) groups is 1. The van der Waals surface area contributed by atoms with Gasteiger partial charge >= 0.3 is 0 Å². The van der Waals surface area contributed by atoms with Gasteiger partial charge in [0.1, 0.15) is 11.5 Å². The van der Waals surface area contributed by atoms with E-state index in [1.165, 1.54) is 0 Å². The highest BCUT2D eigenvalue weighted by atomic mass is 32.2. The van der Waals surface area contributed by atoms with E-state index in [0.717, 1.165) is 22.0 Å². The van der Waals surface area contributed by atoms with Gasteiger partial charge in [-0.15, -0.1) is 11.8 Å². The lowest BCUT2D eigenvalue weighted by Crippen LogP contribution is -2.21. The van der Waals surface area contributed by atoms with Gasteiger partial charge in [-0.1, -0.05) is 0 Å². The van der Waals surface area contributed by atoms with Crippen LogP contribution < -0.4 is 20.7 Å². The second-order valence-corrected chi connectivity index (χ2v) is 3.75. The van der Waals surface area contributed by atoms with Crippen LogP contribution in [-0.2, 0) is 6.54 Å². The van der Waals surface area contributed by atoms with E-state index in [1.807, 2.05) is 18.4 Å². The molecule has 0 radical (unpaired) electrons. The molecule has 0 aromatic heterocycles. The number of hydrogen-bond acceptors (Lipinski definition) is 5. The van der Waals surface area contributed by atoms with Gasteiger partial charge < -0.3 is 9.47 Å². The van der Waals surface area contributed by atoms with Crippen molar-refractivity contribution in [3.05, 3.63) is 17.7 Å². The van der Waals surface area contributed by atoms with Gasteiger partial charge in [-0.05, 0) is 18.4 Å². The minimum Gasteiger partial charge on any atom is -0.496 e. The molecule has 0 heterocycles. The summed E-state index contributed by atoms with van der Waals surface area (Å²) >= 11 is 1.62. The average molecular weight is 228 g/mol. The van der Waals surface area contributed by atoms with Gasteiger partial charge in [0, 0.05) is 12.1 Å². The molecule has 1 rings (SSSR count). The van der Waals surface area contributed by atoms with Crippen LogP contribution in [0, 0.1) is 0 Å². The first-order valence-electron chi connectivity index (χ1n) is 4.49. The molecule has 5 heteroatoms. The van der Waals surface area contributed by atoms with E-state index < -0.39 is 0 Å². The number of nitrogens with one attached hydrogen (secondary N) is 1. The molecule has 84 valence electrons. The Labute approximate surface area is 94.1 Å². The predicted molar refractivity (Wildman–Crippen MR) is 62.4 cm³/mol. The number of rotatable bonds is 5. The van der Waals surface area contributed by atoms with Crippen molar-refractivity contribution < 1.29 is 9.47 Å². The van der Waals surface area contributed by atoms with Crippen molar-refractivity contribution in [2.45, 2.75) is 11.4 Å². The first-order valence-corrected chi connectivity index (χ1v) is 5.71. The Morgan fingerprint density at radius 1 is 1.27 bits per heavy atom. The topological polar surface area (TPSA) is 56.5 Å². The molecule has 0 amide bonds. The zero-order valence-electron chi connectivity index (χ0n) is 9.16. The molecule has 0 saturated carbocycles. The lowest BCUT2D eigenvalue weighted by Gasteiger charge is -2.13. The van der Waals surface area contributed by atoms with E-state index in [4.69, 9.17) is 15.3 Å². The molecule has 0 bridgehead atoms. The van der Waals surface area contributed by atoms with Gasteiger partial charge in [-0.2, -0.15) is 0 Å². The number of methoxy groups -OCH3 is 2. The van der Waals surface area contributed by atoms with E-state index in [-0.39, 0.29) is 0 Å². The smallest absolute Gasteiger partial charge is 0.133 e. The molecule has 0 atom stereocenters. The Morgan fingerprint density at radius 3 is 2.40 bits per heavy atom. The number of benzene rings is 1. The van der Waals surface area contributed by atoms with E-state index in [9.17, 15) is 0 Å². The number of hydrazine groups is 1. The van der Waals surface area contributed by atoms with Gasteiger partial charge in [0.05, 0.1) is 19.1 Å². The predicted octanol–water partition coefficient (Wildman–Crippen LogP) is 1.39. The van der Waals surface area contributed by atoms with Gasteiger partial charge in [-0.25, -0.2) is 0 Å². The second-order valence-electron chi connectivity index (χ2n) is 2.90. The highest BCUT2D eigenvalue weighted by Gasteiger charge is 2.09. The summed E-state index contributed by atoms with van der Waals surface area (Å²) in [5.74, 6) is 6.95. The molecule has 0 saturated heterocycles. The zero-order valence-corrected chi connectivity index (χ0v) is 9.98. The van der Waals surface area contributed by atoms with Crippen molar-refractivity contribution in [3.8, 4) is 11.5 Å². The minimum atomic E-state index is 0.550. The second kappa shape index (κ2) is 5.85. The minimum absolute atomic E-state index is 0.550. The summed E-state index contributed by atoms with van der Waals surface area (Å²) in [6.45, 7) is 0.550. The molecule has 0 aliphatic rings. The van der Waals surface area contributed by atoms with Crippen molar-refractivity contribution in [2.24, 2.45) is 5.84 Å². The fraction of sp³-hybridized carbons (Fsp3) is 0.400. The Kier molecular flexibility index (Phi) is 4.74. The lowest BCUT2D eigenvalue weighted by atomic mass is 10.2. The molecule has 0 spiro atoms. The molecule has 0 fully saturated rings. The summed E-state index contributed by atoms with van der Waals surface area (Å²) in [6, 6.07) is 3.89. The maximum absolute atomic E-state index is 5.29. The fourth-order valence-electron chi connectivity index (χ4n) is 1.34. The van der Waals surface area contributed by atoms with Crippen molar-refractivity contribution >= 4 is 11.8 Å². The molecule has 0 unspecified atom stereocenters. The van der Waals surface area contributed by atoms with E-state index in [2.05, 4.69) is 5.43 Å². The first-order chi connectivity index (χ1) is 7.26. The molecule has 3 N–H and O–H groups in total. The summed E-state index contributed by atoms with van der Waals surface area (Å²) in [6.07, 6.45) is 2.00. The molecule has 15 heavy (non-hydrogen) atoms. The van der Waals surface area contributed by atoms with Gasteiger partial charge in [0.2, 0.25) is 0 Å². The SMILES string of the molecule is COc1cc(SC)c(OC)cc1CNN. The monoisotopic (exact) mass is 228 g/mol. The Hall–Kier alpha value is -0.910. The Balaban J connectivity index is 3.15. The van der Waals surface area contributed by atoms with Crippen LogP contribution in [0.2, 0.25) is 0 Å². The van der Waals surface area contributed by atoms with Crippen LogP contribution in [0.15, 0.2) is 17.0 Å². The third-order valence-corrected chi connectivity index (χ3v) is 2.84.